The van der Waals surface area contributed by atoms with E-state index in [4.69, 9.17) is 4.74 Å². The SMILES string of the molecule is O=C(OC(CBr)C1CCCCC1)c1ccccc1. The first-order chi connectivity index (χ1) is 8.81. The first-order valence-electron chi connectivity index (χ1n) is 6.63. The van der Waals surface area contributed by atoms with E-state index in [1.807, 2.05) is 18.2 Å². The van der Waals surface area contributed by atoms with Crippen molar-refractivity contribution in [2.24, 2.45) is 5.92 Å². The van der Waals surface area contributed by atoms with E-state index in [-0.39, 0.29) is 12.1 Å². The van der Waals surface area contributed by atoms with Gasteiger partial charge in [-0.05, 0) is 30.9 Å². The van der Waals surface area contributed by atoms with Crippen LogP contribution < -0.4 is 0 Å². The lowest BCUT2D eigenvalue weighted by atomic mass is 9.86. The molecule has 1 saturated carbocycles. The molecule has 2 nitrogen and oxygen atoms in total. The van der Waals surface area contributed by atoms with Gasteiger partial charge in [0.25, 0.3) is 0 Å². The van der Waals surface area contributed by atoms with E-state index in [0.29, 0.717) is 11.5 Å². The van der Waals surface area contributed by atoms with Crippen molar-refractivity contribution in [3.63, 3.8) is 0 Å². The lowest BCUT2D eigenvalue weighted by molar-refractivity contribution is 0.0160. The summed E-state index contributed by atoms with van der Waals surface area (Å²) in [5.74, 6) is 0.316. The summed E-state index contributed by atoms with van der Waals surface area (Å²) < 4.78 is 5.64. The molecule has 1 aliphatic carbocycles. The third kappa shape index (κ3) is 3.58. The van der Waals surface area contributed by atoms with Gasteiger partial charge < -0.3 is 4.74 Å². The highest BCUT2D eigenvalue weighted by Gasteiger charge is 2.26. The van der Waals surface area contributed by atoms with Crippen LogP contribution in [0.3, 0.4) is 0 Å². The number of ether oxygens (including phenoxy) is 1. The smallest absolute Gasteiger partial charge is 0.338 e. The van der Waals surface area contributed by atoms with Crippen molar-refractivity contribution in [1.82, 2.24) is 0 Å². The lowest BCUT2D eigenvalue weighted by Crippen LogP contribution is -2.30. The molecule has 1 fully saturated rings. The Morgan fingerprint density at radius 2 is 1.89 bits per heavy atom. The largest absolute Gasteiger partial charge is 0.458 e. The van der Waals surface area contributed by atoms with Crippen molar-refractivity contribution in [2.45, 2.75) is 38.2 Å². The first-order valence-corrected chi connectivity index (χ1v) is 7.75. The van der Waals surface area contributed by atoms with Crippen LogP contribution in [-0.4, -0.2) is 17.4 Å². The van der Waals surface area contributed by atoms with Gasteiger partial charge in [0.2, 0.25) is 0 Å². The van der Waals surface area contributed by atoms with E-state index in [9.17, 15) is 4.79 Å². The monoisotopic (exact) mass is 310 g/mol. The van der Waals surface area contributed by atoms with Crippen LogP contribution in [0, 0.1) is 5.92 Å². The normalized spacial score (nSPS) is 18.3. The summed E-state index contributed by atoms with van der Waals surface area (Å²) in [7, 11) is 0. The summed E-state index contributed by atoms with van der Waals surface area (Å²) in [4.78, 5) is 12.0. The molecule has 0 aliphatic heterocycles. The molecule has 0 N–H and O–H groups in total. The molecule has 0 amide bonds. The number of benzene rings is 1. The molecule has 0 heterocycles. The standard InChI is InChI=1S/C15H19BrO2/c16-11-14(12-7-3-1-4-8-12)18-15(17)13-9-5-2-6-10-13/h2,5-6,9-10,12,14H,1,3-4,7-8,11H2. The highest BCUT2D eigenvalue weighted by Crippen LogP contribution is 2.29. The topological polar surface area (TPSA) is 26.3 Å². The number of rotatable bonds is 4. The number of hydrogen-bond acceptors (Lipinski definition) is 2. The van der Waals surface area contributed by atoms with Gasteiger partial charge in [0, 0.05) is 5.33 Å². The zero-order valence-electron chi connectivity index (χ0n) is 10.5. The Balaban J connectivity index is 1.95. The third-order valence-electron chi connectivity index (χ3n) is 3.60. The second-order valence-corrected chi connectivity index (χ2v) is 5.51. The number of carbonyl (C=O) groups excluding carboxylic acids is 1. The summed E-state index contributed by atoms with van der Waals surface area (Å²) in [6.45, 7) is 0. The van der Waals surface area contributed by atoms with E-state index in [1.54, 1.807) is 12.1 Å². The van der Waals surface area contributed by atoms with Crippen LogP contribution in [-0.2, 0) is 4.74 Å². The van der Waals surface area contributed by atoms with Gasteiger partial charge in [-0.1, -0.05) is 53.4 Å². The molecular weight excluding hydrogens is 292 g/mol. The maximum absolute atomic E-state index is 12.0. The maximum atomic E-state index is 12.0. The molecule has 0 bridgehead atoms. The van der Waals surface area contributed by atoms with Gasteiger partial charge in [-0.25, -0.2) is 4.79 Å². The number of carbonyl (C=O) groups is 1. The van der Waals surface area contributed by atoms with E-state index in [1.165, 1.54) is 32.1 Å². The van der Waals surface area contributed by atoms with Gasteiger partial charge in [0.1, 0.15) is 6.10 Å². The van der Waals surface area contributed by atoms with Crippen LogP contribution in [0.1, 0.15) is 42.5 Å². The van der Waals surface area contributed by atoms with Crippen LogP contribution in [0.4, 0.5) is 0 Å². The van der Waals surface area contributed by atoms with Gasteiger partial charge in [-0.3, -0.25) is 0 Å². The fourth-order valence-corrected chi connectivity index (χ4v) is 3.20. The second kappa shape index (κ2) is 6.93. The minimum absolute atomic E-state index is 0.0120. The quantitative estimate of drug-likeness (QED) is 0.616. The molecule has 98 valence electrons. The highest BCUT2D eigenvalue weighted by atomic mass is 79.9. The second-order valence-electron chi connectivity index (χ2n) is 4.86. The van der Waals surface area contributed by atoms with E-state index in [2.05, 4.69) is 15.9 Å². The number of halogens is 1. The first kappa shape index (κ1) is 13.6. The molecule has 0 radical (unpaired) electrons. The molecule has 1 aromatic rings. The fourth-order valence-electron chi connectivity index (χ4n) is 2.54. The Morgan fingerprint density at radius 3 is 2.50 bits per heavy atom. The summed E-state index contributed by atoms with van der Waals surface area (Å²) in [5, 5.41) is 0.732. The molecule has 2 rings (SSSR count). The molecule has 1 aliphatic rings. The molecule has 1 aromatic carbocycles. The van der Waals surface area contributed by atoms with Crippen molar-refractivity contribution in [3.05, 3.63) is 35.9 Å². The van der Waals surface area contributed by atoms with Gasteiger partial charge in [0.15, 0.2) is 0 Å². The van der Waals surface area contributed by atoms with E-state index < -0.39 is 0 Å². The molecule has 0 saturated heterocycles. The molecule has 1 unspecified atom stereocenters. The maximum Gasteiger partial charge on any atom is 0.338 e. The lowest BCUT2D eigenvalue weighted by Gasteiger charge is -2.28. The van der Waals surface area contributed by atoms with E-state index >= 15 is 0 Å². The third-order valence-corrected chi connectivity index (χ3v) is 4.23. The summed E-state index contributed by atoms with van der Waals surface area (Å²) in [6, 6.07) is 9.23. The Bertz CT molecular complexity index is 371. The van der Waals surface area contributed by atoms with Crippen molar-refractivity contribution in [3.8, 4) is 0 Å². The molecule has 3 heteroatoms. The van der Waals surface area contributed by atoms with E-state index in [0.717, 1.165) is 5.33 Å². The molecule has 0 spiro atoms. The molecule has 1 atom stereocenters. The molecular formula is C15H19BrO2. The van der Waals surface area contributed by atoms with Gasteiger partial charge >= 0.3 is 5.97 Å². The zero-order chi connectivity index (χ0) is 12.8. The fraction of sp³-hybridized carbons (Fsp3) is 0.533. The van der Waals surface area contributed by atoms with Crippen molar-refractivity contribution >= 4 is 21.9 Å². The van der Waals surface area contributed by atoms with Crippen molar-refractivity contribution in [2.75, 3.05) is 5.33 Å². The number of hydrogen-bond donors (Lipinski definition) is 0. The van der Waals surface area contributed by atoms with Crippen molar-refractivity contribution in [1.29, 1.82) is 0 Å². The summed E-state index contributed by atoms with van der Waals surface area (Å²) in [6.07, 6.45) is 6.21. The van der Waals surface area contributed by atoms with Crippen molar-refractivity contribution < 1.29 is 9.53 Å². The van der Waals surface area contributed by atoms with Crippen LogP contribution in [0.15, 0.2) is 30.3 Å². The predicted octanol–water partition coefficient (Wildman–Crippen LogP) is 4.19. The Kier molecular flexibility index (Phi) is 5.24. The Labute approximate surface area is 117 Å². The molecule has 0 aromatic heterocycles. The van der Waals surface area contributed by atoms with Crippen LogP contribution >= 0.6 is 15.9 Å². The number of alkyl halides is 1. The van der Waals surface area contributed by atoms with Crippen LogP contribution in [0.25, 0.3) is 0 Å². The summed E-state index contributed by atoms with van der Waals surface area (Å²) in [5.41, 5.74) is 0.638. The summed E-state index contributed by atoms with van der Waals surface area (Å²) >= 11 is 3.48. The average molecular weight is 311 g/mol. The van der Waals surface area contributed by atoms with Gasteiger partial charge in [-0.15, -0.1) is 0 Å². The number of esters is 1. The Hall–Kier alpha value is -0.830. The predicted molar refractivity (Wildman–Crippen MR) is 76.0 cm³/mol. The van der Waals surface area contributed by atoms with Crippen LogP contribution in [0.2, 0.25) is 0 Å². The Morgan fingerprint density at radius 1 is 1.22 bits per heavy atom. The van der Waals surface area contributed by atoms with Gasteiger partial charge in [0.05, 0.1) is 5.56 Å². The molecule has 18 heavy (non-hydrogen) atoms. The minimum Gasteiger partial charge on any atom is -0.458 e. The van der Waals surface area contributed by atoms with Crippen LogP contribution in [0.5, 0.6) is 0 Å². The highest BCUT2D eigenvalue weighted by molar-refractivity contribution is 9.09. The average Bonchev–Trinajstić information content (AvgIpc) is 2.46. The van der Waals surface area contributed by atoms with Gasteiger partial charge in [-0.2, -0.15) is 0 Å². The minimum atomic E-state index is -0.203. The zero-order valence-corrected chi connectivity index (χ0v) is 12.1.